The average Bonchev–Trinajstić information content (AvgIpc) is 3.20. The molecule has 0 aliphatic rings. The third kappa shape index (κ3) is 7.62. The molecule has 12 heteroatoms. The Bertz CT molecular complexity index is 991. The minimum absolute atomic E-state index is 0. The van der Waals surface area contributed by atoms with E-state index in [1.165, 1.54) is 24.3 Å². The number of nitrogens with one attached hydrogen (secondary N) is 1. The second-order valence-electron chi connectivity index (χ2n) is 6.10. The Morgan fingerprint density at radius 2 is 1.74 bits per heavy atom. The molecule has 0 atom stereocenters. The predicted octanol–water partition coefficient (Wildman–Crippen LogP) is 3.40. The van der Waals surface area contributed by atoms with E-state index in [4.69, 9.17) is 10.5 Å². The van der Waals surface area contributed by atoms with Crippen molar-refractivity contribution in [3.63, 3.8) is 0 Å². The summed E-state index contributed by atoms with van der Waals surface area (Å²) >= 11 is 0. The van der Waals surface area contributed by atoms with Gasteiger partial charge >= 0.3 is 6.36 Å². The lowest BCUT2D eigenvalue weighted by molar-refractivity contribution is -0.274. The number of methoxy groups -OCH3 is 1. The Morgan fingerprint density at radius 1 is 1.10 bits per heavy atom. The number of hydrogen-bond donors (Lipinski definition) is 2. The van der Waals surface area contributed by atoms with E-state index in [2.05, 4.69) is 25.4 Å². The van der Waals surface area contributed by atoms with Crippen molar-refractivity contribution in [1.29, 1.82) is 0 Å². The number of benzene rings is 2. The van der Waals surface area contributed by atoms with E-state index in [9.17, 15) is 13.2 Å². The van der Waals surface area contributed by atoms with E-state index in [0.29, 0.717) is 17.8 Å². The van der Waals surface area contributed by atoms with Gasteiger partial charge in [-0.1, -0.05) is 17.3 Å². The molecule has 0 aliphatic heterocycles. The molecule has 1 heterocycles. The van der Waals surface area contributed by atoms with Crippen LogP contribution in [-0.2, 0) is 13.1 Å². The van der Waals surface area contributed by atoms with Crippen molar-refractivity contribution >= 4 is 29.9 Å². The molecule has 0 saturated carbocycles. The number of alkyl halides is 3. The summed E-state index contributed by atoms with van der Waals surface area (Å²) in [6.07, 6.45) is -2.97. The van der Waals surface area contributed by atoms with Crippen molar-refractivity contribution in [2.24, 2.45) is 10.7 Å². The topological polar surface area (TPSA) is 99.6 Å². The summed E-state index contributed by atoms with van der Waals surface area (Å²) in [5.41, 5.74) is 7.99. The molecule has 166 valence electrons. The summed E-state index contributed by atoms with van der Waals surface area (Å²) in [6, 6.07) is 12.8. The number of ether oxygens (including phenoxy) is 2. The largest absolute Gasteiger partial charge is 0.573 e. The zero-order chi connectivity index (χ0) is 21.6. The van der Waals surface area contributed by atoms with E-state index in [1.807, 2.05) is 24.3 Å². The van der Waals surface area contributed by atoms with E-state index in [1.54, 1.807) is 18.0 Å². The lowest BCUT2D eigenvalue weighted by atomic mass is 10.2. The summed E-state index contributed by atoms with van der Waals surface area (Å²) in [4.78, 5) is 4.15. The van der Waals surface area contributed by atoms with E-state index < -0.39 is 6.36 Å². The first-order valence-corrected chi connectivity index (χ1v) is 8.76. The van der Waals surface area contributed by atoms with Gasteiger partial charge in [0.05, 0.1) is 32.1 Å². The monoisotopic (exact) mass is 548 g/mol. The number of nitrogens with zero attached hydrogens (tertiary/aromatic N) is 4. The Kier molecular flexibility index (Phi) is 8.47. The van der Waals surface area contributed by atoms with Gasteiger partial charge in [0.1, 0.15) is 17.2 Å². The van der Waals surface area contributed by atoms with Gasteiger partial charge < -0.3 is 20.5 Å². The van der Waals surface area contributed by atoms with Gasteiger partial charge in [0.2, 0.25) is 0 Å². The van der Waals surface area contributed by atoms with Crippen molar-refractivity contribution in [2.45, 2.75) is 19.5 Å². The van der Waals surface area contributed by atoms with E-state index in [0.717, 1.165) is 11.4 Å². The highest BCUT2D eigenvalue weighted by Gasteiger charge is 2.30. The minimum Gasteiger partial charge on any atom is -0.497 e. The fraction of sp³-hybridized carbons (Fsp3) is 0.211. The molecule has 8 nitrogen and oxygen atoms in total. The van der Waals surface area contributed by atoms with Gasteiger partial charge in [-0.2, -0.15) is 0 Å². The van der Waals surface area contributed by atoms with Gasteiger partial charge in [0.15, 0.2) is 5.96 Å². The summed E-state index contributed by atoms with van der Waals surface area (Å²) in [5, 5.41) is 11.0. The number of hydrogen-bond acceptors (Lipinski definition) is 5. The number of aliphatic imine (C=N–C) groups is 1. The van der Waals surface area contributed by atoms with Crippen LogP contribution in [0.15, 0.2) is 59.7 Å². The maximum absolute atomic E-state index is 12.2. The Morgan fingerprint density at radius 3 is 2.35 bits per heavy atom. The van der Waals surface area contributed by atoms with Gasteiger partial charge in [-0.25, -0.2) is 9.67 Å². The van der Waals surface area contributed by atoms with Gasteiger partial charge in [0.25, 0.3) is 0 Å². The molecular weight excluding hydrogens is 528 g/mol. The standard InChI is InChI=1S/C19H19F3N6O2.HI/c1-29-16-8-4-15(5-9-16)28-12-14(26-27-28)11-25-18(23)24-10-13-2-6-17(7-3-13)30-19(20,21)22;/h2-9,12H,10-11H2,1H3,(H3,23,24,25);1H. The molecule has 3 aromatic rings. The third-order valence-corrected chi connectivity index (χ3v) is 3.92. The summed E-state index contributed by atoms with van der Waals surface area (Å²) in [7, 11) is 1.59. The van der Waals surface area contributed by atoms with Crippen LogP contribution < -0.4 is 20.5 Å². The van der Waals surface area contributed by atoms with Crippen molar-refractivity contribution in [1.82, 2.24) is 20.3 Å². The zero-order valence-corrected chi connectivity index (χ0v) is 18.7. The lowest BCUT2D eigenvalue weighted by Crippen LogP contribution is -2.31. The fourth-order valence-electron chi connectivity index (χ4n) is 2.45. The predicted molar refractivity (Wildman–Crippen MR) is 119 cm³/mol. The molecule has 31 heavy (non-hydrogen) atoms. The number of aromatic nitrogens is 3. The maximum Gasteiger partial charge on any atom is 0.573 e. The van der Waals surface area contributed by atoms with Crippen molar-refractivity contribution in [2.75, 3.05) is 7.11 Å². The number of guanidine groups is 1. The molecule has 2 aromatic carbocycles. The second-order valence-corrected chi connectivity index (χ2v) is 6.10. The van der Waals surface area contributed by atoms with Gasteiger partial charge in [0, 0.05) is 0 Å². The fourth-order valence-corrected chi connectivity index (χ4v) is 2.45. The van der Waals surface area contributed by atoms with Crippen LogP contribution in [0.4, 0.5) is 13.2 Å². The number of rotatable bonds is 7. The number of halogens is 4. The van der Waals surface area contributed by atoms with Gasteiger partial charge in [-0.3, -0.25) is 0 Å². The first-order chi connectivity index (χ1) is 14.3. The van der Waals surface area contributed by atoms with Crippen LogP contribution in [0.2, 0.25) is 0 Å². The summed E-state index contributed by atoms with van der Waals surface area (Å²) in [5.74, 6) is 0.623. The molecule has 0 amide bonds. The Hall–Kier alpha value is -3.03. The van der Waals surface area contributed by atoms with Gasteiger partial charge in [-0.05, 0) is 42.0 Å². The zero-order valence-electron chi connectivity index (χ0n) is 16.3. The van der Waals surface area contributed by atoms with Crippen molar-refractivity contribution in [3.8, 4) is 17.2 Å². The molecule has 1 aromatic heterocycles. The van der Waals surface area contributed by atoms with Crippen molar-refractivity contribution < 1.29 is 22.6 Å². The molecule has 0 spiro atoms. The molecule has 3 rings (SSSR count). The van der Waals surface area contributed by atoms with Crippen LogP contribution in [0.1, 0.15) is 11.3 Å². The highest BCUT2D eigenvalue weighted by atomic mass is 127. The molecular formula is C19H20F3IN6O2. The minimum atomic E-state index is -4.72. The highest BCUT2D eigenvalue weighted by molar-refractivity contribution is 14.0. The van der Waals surface area contributed by atoms with Crippen LogP contribution in [0.5, 0.6) is 11.5 Å². The van der Waals surface area contributed by atoms with E-state index in [-0.39, 0.29) is 42.2 Å². The maximum atomic E-state index is 12.2. The normalized spacial score (nSPS) is 11.5. The van der Waals surface area contributed by atoms with Crippen LogP contribution in [0, 0.1) is 0 Å². The third-order valence-electron chi connectivity index (χ3n) is 3.92. The van der Waals surface area contributed by atoms with Crippen LogP contribution in [0.3, 0.4) is 0 Å². The highest BCUT2D eigenvalue weighted by Crippen LogP contribution is 2.22. The SMILES string of the molecule is COc1ccc(-n2cc(CNC(N)=NCc3ccc(OC(F)(F)F)cc3)nn2)cc1.I. The molecule has 0 aliphatic carbocycles. The first kappa shape index (κ1) is 24.2. The quantitative estimate of drug-likeness (QED) is 0.267. The average molecular weight is 548 g/mol. The molecule has 0 bridgehead atoms. The van der Waals surface area contributed by atoms with Gasteiger partial charge in [-0.15, -0.1) is 42.2 Å². The summed E-state index contributed by atoms with van der Waals surface area (Å²) < 4.78 is 47.1. The second kappa shape index (κ2) is 10.8. The smallest absolute Gasteiger partial charge is 0.497 e. The molecule has 0 saturated heterocycles. The Balaban J connectivity index is 0.00000341. The van der Waals surface area contributed by atoms with Crippen molar-refractivity contribution in [3.05, 3.63) is 66.0 Å². The molecule has 0 radical (unpaired) electrons. The number of nitrogens with two attached hydrogens (primary N) is 1. The van der Waals surface area contributed by atoms with Crippen LogP contribution in [-0.4, -0.2) is 34.4 Å². The Labute approximate surface area is 193 Å². The molecule has 3 N–H and O–H groups in total. The van der Waals surface area contributed by atoms with E-state index >= 15 is 0 Å². The first-order valence-electron chi connectivity index (χ1n) is 8.76. The van der Waals surface area contributed by atoms with Crippen LogP contribution in [0.25, 0.3) is 5.69 Å². The van der Waals surface area contributed by atoms with Crippen LogP contribution >= 0.6 is 24.0 Å². The lowest BCUT2D eigenvalue weighted by Gasteiger charge is -2.09. The molecule has 0 unspecified atom stereocenters. The molecule has 0 fully saturated rings. The summed E-state index contributed by atoms with van der Waals surface area (Å²) in [6.45, 7) is 0.507.